The predicted octanol–water partition coefficient (Wildman–Crippen LogP) is 6.51. The number of nitrogens with one attached hydrogen (secondary N) is 1. The van der Waals surface area contributed by atoms with Gasteiger partial charge >= 0.3 is 6.18 Å². The molecule has 1 aromatic carbocycles. The van der Waals surface area contributed by atoms with Crippen LogP contribution in [-0.2, 0) is 4.79 Å². The molecular formula is C23H30F3NO2. The molecule has 0 heterocycles. The van der Waals surface area contributed by atoms with Crippen LogP contribution in [0, 0.1) is 25.2 Å². The Morgan fingerprint density at radius 1 is 1.14 bits per heavy atom. The molecule has 29 heavy (non-hydrogen) atoms. The molecule has 0 radical (unpaired) electrons. The van der Waals surface area contributed by atoms with Crippen LogP contribution < -0.4 is 10.1 Å². The SMILES string of the molecule is Cc1cc(OCC2=CC=C(C(F)(F)F)CC2C)cc(C)c1NC(=O)CC(C)(C)C. The first-order chi connectivity index (χ1) is 13.3. The molecule has 1 amide bonds. The van der Waals surface area contributed by atoms with Gasteiger partial charge in [0.2, 0.25) is 5.91 Å². The molecule has 6 heteroatoms. The highest BCUT2D eigenvalue weighted by Gasteiger charge is 2.35. The molecule has 0 saturated heterocycles. The van der Waals surface area contributed by atoms with E-state index in [-0.39, 0.29) is 30.3 Å². The summed E-state index contributed by atoms with van der Waals surface area (Å²) < 4.78 is 44.4. The summed E-state index contributed by atoms with van der Waals surface area (Å²) in [6.45, 7) is 11.8. The van der Waals surface area contributed by atoms with Crippen LogP contribution in [0.5, 0.6) is 5.75 Å². The maximum atomic E-state index is 12.8. The van der Waals surface area contributed by atoms with E-state index in [0.717, 1.165) is 28.5 Å². The lowest BCUT2D eigenvalue weighted by Crippen LogP contribution is -2.21. The third kappa shape index (κ3) is 6.65. The fraction of sp³-hybridized carbons (Fsp3) is 0.522. The molecule has 160 valence electrons. The molecule has 3 nitrogen and oxygen atoms in total. The average Bonchev–Trinajstić information content (AvgIpc) is 2.54. The van der Waals surface area contributed by atoms with Gasteiger partial charge in [0.05, 0.1) is 0 Å². The number of benzene rings is 1. The number of amides is 1. The molecule has 0 saturated carbocycles. The van der Waals surface area contributed by atoms with Crippen molar-refractivity contribution in [1.82, 2.24) is 0 Å². The Kier molecular flexibility index (Phi) is 6.86. The Morgan fingerprint density at radius 2 is 1.72 bits per heavy atom. The van der Waals surface area contributed by atoms with Crippen molar-refractivity contribution in [2.24, 2.45) is 11.3 Å². The van der Waals surface area contributed by atoms with Gasteiger partial charge in [-0.1, -0.05) is 39.8 Å². The first-order valence-electron chi connectivity index (χ1n) is 9.77. The van der Waals surface area contributed by atoms with Gasteiger partial charge in [0.25, 0.3) is 0 Å². The predicted molar refractivity (Wildman–Crippen MR) is 110 cm³/mol. The summed E-state index contributed by atoms with van der Waals surface area (Å²) in [6.07, 6.45) is -1.24. The van der Waals surface area contributed by atoms with E-state index in [0.29, 0.717) is 12.2 Å². The maximum absolute atomic E-state index is 12.8. The van der Waals surface area contributed by atoms with Crippen LogP contribution in [0.4, 0.5) is 18.9 Å². The molecule has 1 aliphatic carbocycles. The molecular weight excluding hydrogens is 379 g/mol. The summed E-state index contributed by atoms with van der Waals surface area (Å²) in [5, 5.41) is 2.97. The number of carbonyl (C=O) groups excluding carboxylic acids is 1. The van der Waals surface area contributed by atoms with E-state index < -0.39 is 11.7 Å². The van der Waals surface area contributed by atoms with Crippen molar-refractivity contribution >= 4 is 11.6 Å². The smallest absolute Gasteiger partial charge is 0.412 e. The van der Waals surface area contributed by atoms with Crippen LogP contribution in [-0.4, -0.2) is 18.7 Å². The summed E-state index contributed by atoms with van der Waals surface area (Å²) in [4.78, 5) is 12.2. The van der Waals surface area contributed by atoms with Gasteiger partial charge in [-0.05, 0) is 60.4 Å². The molecule has 2 rings (SSSR count). The standard InChI is InChI=1S/C23H30F3NO2/c1-14-9-18(23(24,25)26)8-7-17(14)13-29-19-10-15(2)21(16(3)11-19)27-20(28)12-22(4,5)6/h7-8,10-11,14H,9,12-13H2,1-6H3,(H,27,28). The van der Waals surface area contributed by atoms with Crippen LogP contribution >= 0.6 is 0 Å². The summed E-state index contributed by atoms with van der Waals surface area (Å²) in [6, 6.07) is 3.68. The van der Waals surface area contributed by atoms with E-state index in [1.165, 1.54) is 6.08 Å². The van der Waals surface area contributed by atoms with Gasteiger partial charge in [-0.3, -0.25) is 4.79 Å². The van der Waals surface area contributed by atoms with E-state index in [1.807, 2.05) is 46.8 Å². The first kappa shape index (κ1) is 23.0. The van der Waals surface area contributed by atoms with Crippen molar-refractivity contribution in [2.45, 2.75) is 60.6 Å². The Balaban J connectivity index is 2.07. The van der Waals surface area contributed by atoms with Crippen molar-refractivity contribution < 1.29 is 22.7 Å². The highest BCUT2D eigenvalue weighted by Crippen LogP contribution is 2.36. The van der Waals surface area contributed by atoms with Gasteiger partial charge in [-0.15, -0.1) is 0 Å². The third-order valence-corrected chi connectivity index (χ3v) is 4.89. The van der Waals surface area contributed by atoms with E-state index in [4.69, 9.17) is 4.74 Å². The molecule has 1 atom stereocenters. The average molecular weight is 409 g/mol. The quantitative estimate of drug-likeness (QED) is 0.602. The van der Waals surface area contributed by atoms with E-state index >= 15 is 0 Å². The van der Waals surface area contributed by atoms with Gasteiger partial charge in [0.1, 0.15) is 12.4 Å². The molecule has 0 aromatic heterocycles. The number of halogens is 3. The molecule has 0 aliphatic heterocycles. The number of aryl methyl sites for hydroxylation is 2. The number of ether oxygens (including phenoxy) is 1. The number of allylic oxidation sites excluding steroid dienone is 3. The van der Waals surface area contributed by atoms with Gasteiger partial charge in [0, 0.05) is 17.7 Å². The van der Waals surface area contributed by atoms with Crippen molar-refractivity contribution in [2.75, 3.05) is 11.9 Å². The van der Waals surface area contributed by atoms with Gasteiger partial charge in [-0.2, -0.15) is 13.2 Å². The number of hydrogen-bond acceptors (Lipinski definition) is 2. The lowest BCUT2D eigenvalue weighted by Gasteiger charge is -2.23. The van der Waals surface area contributed by atoms with E-state index in [2.05, 4.69) is 5.32 Å². The Labute approximate surface area is 171 Å². The minimum absolute atomic E-state index is 0.0322. The molecule has 0 spiro atoms. The Bertz CT molecular complexity index is 807. The lowest BCUT2D eigenvalue weighted by atomic mass is 9.88. The van der Waals surface area contributed by atoms with Crippen molar-refractivity contribution in [3.8, 4) is 5.75 Å². The van der Waals surface area contributed by atoms with E-state index in [9.17, 15) is 18.0 Å². The number of carbonyl (C=O) groups is 1. The minimum Gasteiger partial charge on any atom is -0.489 e. The number of rotatable bonds is 5. The highest BCUT2D eigenvalue weighted by molar-refractivity contribution is 5.92. The molecule has 1 unspecified atom stereocenters. The summed E-state index contributed by atoms with van der Waals surface area (Å²) >= 11 is 0. The largest absolute Gasteiger partial charge is 0.489 e. The molecule has 1 aliphatic rings. The van der Waals surface area contributed by atoms with Crippen LogP contribution in [0.15, 0.2) is 35.4 Å². The Morgan fingerprint density at radius 3 is 2.21 bits per heavy atom. The van der Waals surface area contributed by atoms with E-state index in [1.54, 1.807) is 6.92 Å². The monoisotopic (exact) mass is 409 g/mol. The van der Waals surface area contributed by atoms with Crippen molar-refractivity contribution in [3.05, 3.63) is 46.6 Å². The van der Waals surface area contributed by atoms with Crippen LogP contribution in [0.3, 0.4) is 0 Å². The second kappa shape index (κ2) is 8.64. The molecule has 1 aromatic rings. The second-order valence-corrected chi connectivity index (χ2v) is 9.04. The number of hydrogen-bond donors (Lipinski definition) is 1. The van der Waals surface area contributed by atoms with Crippen molar-refractivity contribution in [3.63, 3.8) is 0 Å². The molecule has 1 N–H and O–H groups in total. The van der Waals surface area contributed by atoms with Crippen molar-refractivity contribution in [1.29, 1.82) is 0 Å². The topological polar surface area (TPSA) is 38.3 Å². The summed E-state index contributed by atoms with van der Waals surface area (Å²) in [5.41, 5.74) is 2.76. The normalized spacial score (nSPS) is 17.5. The first-order valence-corrected chi connectivity index (χ1v) is 9.77. The van der Waals surface area contributed by atoms with Gasteiger partial charge in [-0.25, -0.2) is 0 Å². The minimum atomic E-state index is -4.28. The number of alkyl halides is 3. The van der Waals surface area contributed by atoms with Gasteiger partial charge in [0.15, 0.2) is 0 Å². The zero-order valence-corrected chi connectivity index (χ0v) is 18.0. The summed E-state index contributed by atoms with van der Waals surface area (Å²) in [7, 11) is 0. The van der Waals surface area contributed by atoms with Crippen LogP contribution in [0.1, 0.15) is 51.7 Å². The lowest BCUT2D eigenvalue weighted by molar-refractivity contribution is -0.117. The van der Waals surface area contributed by atoms with Crippen LogP contribution in [0.25, 0.3) is 0 Å². The highest BCUT2D eigenvalue weighted by atomic mass is 19.4. The molecule has 0 bridgehead atoms. The summed E-state index contributed by atoms with van der Waals surface area (Å²) in [5.74, 6) is 0.369. The number of anilines is 1. The third-order valence-electron chi connectivity index (χ3n) is 4.89. The fourth-order valence-corrected chi connectivity index (χ4v) is 3.34. The van der Waals surface area contributed by atoms with Crippen LogP contribution in [0.2, 0.25) is 0 Å². The zero-order chi connectivity index (χ0) is 22.0. The molecule has 0 fully saturated rings. The Hall–Kier alpha value is -2.24. The fourth-order valence-electron chi connectivity index (χ4n) is 3.34. The van der Waals surface area contributed by atoms with Gasteiger partial charge < -0.3 is 10.1 Å². The second-order valence-electron chi connectivity index (χ2n) is 9.04. The maximum Gasteiger partial charge on any atom is 0.412 e. The zero-order valence-electron chi connectivity index (χ0n) is 18.0.